The van der Waals surface area contributed by atoms with Crippen LogP contribution in [0.15, 0.2) is 29.3 Å². The zero-order valence-corrected chi connectivity index (χ0v) is 15.0. The molecule has 1 N–H and O–H groups in total. The van der Waals surface area contributed by atoms with Gasteiger partial charge in [-0.05, 0) is 68.7 Å². The number of hydrogen-bond acceptors (Lipinski definition) is 2. The number of nitrogens with zero attached hydrogens (tertiary/aromatic N) is 1. The Bertz CT molecular complexity index is 657. The second-order valence-corrected chi connectivity index (χ2v) is 8.13. The molecule has 1 atom stereocenters. The van der Waals surface area contributed by atoms with E-state index in [-0.39, 0.29) is 0 Å². The van der Waals surface area contributed by atoms with E-state index in [4.69, 9.17) is 0 Å². The van der Waals surface area contributed by atoms with Crippen molar-refractivity contribution in [3.63, 3.8) is 0 Å². The Morgan fingerprint density at radius 2 is 2.00 bits per heavy atom. The summed E-state index contributed by atoms with van der Waals surface area (Å²) in [7, 11) is 0. The molecule has 124 valence electrons. The van der Waals surface area contributed by atoms with Crippen LogP contribution in [0.2, 0.25) is 0 Å². The van der Waals surface area contributed by atoms with Crippen molar-refractivity contribution in [3.8, 4) is 0 Å². The summed E-state index contributed by atoms with van der Waals surface area (Å²) >= 11 is 1.84. The number of H-pyrrole nitrogens is 1. The second kappa shape index (κ2) is 6.90. The standard InChI is InChI=1S/C20H28N2S/c1-23-18-9-10-20-19(13-18)15(14-21-20)12-17-8-5-11-22(17)16-6-3-2-4-7-16/h9-10,13-14,16-17,21H,2-8,11-12H2,1H3/t17-/m1/s1. The van der Waals surface area contributed by atoms with Gasteiger partial charge in [0.1, 0.15) is 0 Å². The summed E-state index contributed by atoms with van der Waals surface area (Å²) in [5, 5.41) is 1.44. The Hall–Kier alpha value is -0.930. The van der Waals surface area contributed by atoms with Gasteiger partial charge in [0.2, 0.25) is 0 Å². The van der Waals surface area contributed by atoms with Gasteiger partial charge in [0.05, 0.1) is 0 Å². The molecule has 1 aliphatic carbocycles. The average molecular weight is 329 g/mol. The Labute approximate surface area is 144 Å². The summed E-state index contributed by atoms with van der Waals surface area (Å²) in [4.78, 5) is 7.71. The molecule has 0 radical (unpaired) electrons. The van der Waals surface area contributed by atoms with E-state index in [1.54, 1.807) is 0 Å². The third kappa shape index (κ3) is 3.18. The summed E-state index contributed by atoms with van der Waals surface area (Å²) in [6.45, 7) is 1.33. The van der Waals surface area contributed by atoms with E-state index in [2.05, 4.69) is 40.5 Å². The molecule has 1 aliphatic heterocycles. The Morgan fingerprint density at radius 1 is 1.13 bits per heavy atom. The monoisotopic (exact) mass is 328 g/mol. The van der Waals surface area contributed by atoms with Crippen LogP contribution in [0.5, 0.6) is 0 Å². The molecular formula is C20H28N2S. The first kappa shape index (κ1) is 15.6. The Kier molecular flexibility index (Phi) is 4.68. The molecule has 0 amide bonds. The van der Waals surface area contributed by atoms with Crippen molar-refractivity contribution in [1.29, 1.82) is 0 Å². The molecule has 2 aromatic rings. The lowest BCUT2D eigenvalue weighted by Gasteiger charge is -2.35. The lowest BCUT2D eigenvalue weighted by Crippen LogP contribution is -2.41. The summed E-state index contributed by atoms with van der Waals surface area (Å²) in [6, 6.07) is 8.44. The predicted molar refractivity (Wildman–Crippen MR) is 100 cm³/mol. The van der Waals surface area contributed by atoms with Crippen LogP contribution in [0.3, 0.4) is 0 Å². The maximum absolute atomic E-state index is 3.48. The SMILES string of the molecule is CSc1ccc2[nH]cc(C[C@H]3CCCN3C3CCCCC3)c2c1. The molecule has 2 fully saturated rings. The number of likely N-dealkylation sites (tertiary alicyclic amines) is 1. The van der Waals surface area contributed by atoms with E-state index >= 15 is 0 Å². The van der Waals surface area contributed by atoms with Crippen molar-refractivity contribution in [2.45, 2.75) is 68.3 Å². The fourth-order valence-electron chi connectivity index (χ4n) is 4.68. The average Bonchev–Trinajstić information content (AvgIpc) is 3.23. The number of aromatic nitrogens is 1. The van der Waals surface area contributed by atoms with Gasteiger partial charge in [0.15, 0.2) is 0 Å². The normalized spacial score (nSPS) is 23.8. The quantitative estimate of drug-likeness (QED) is 0.775. The smallest absolute Gasteiger partial charge is 0.0457 e. The first-order chi connectivity index (χ1) is 11.3. The second-order valence-electron chi connectivity index (χ2n) is 7.26. The van der Waals surface area contributed by atoms with E-state index in [1.165, 1.54) is 79.3 Å². The van der Waals surface area contributed by atoms with Gasteiger partial charge in [-0.25, -0.2) is 0 Å². The van der Waals surface area contributed by atoms with Crippen LogP contribution < -0.4 is 0 Å². The first-order valence-corrected chi connectivity index (χ1v) is 10.5. The number of benzene rings is 1. The van der Waals surface area contributed by atoms with E-state index < -0.39 is 0 Å². The van der Waals surface area contributed by atoms with Crippen molar-refractivity contribution in [2.24, 2.45) is 0 Å². The van der Waals surface area contributed by atoms with Crippen LogP contribution >= 0.6 is 11.8 Å². The number of thioether (sulfide) groups is 1. The molecule has 2 aliphatic rings. The Balaban J connectivity index is 1.54. The van der Waals surface area contributed by atoms with Gasteiger partial charge in [0.25, 0.3) is 0 Å². The highest BCUT2D eigenvalue weighted by Crippen LogP contribution is 2.32. The topological polar surface area (TPSA) is 19.0 Å². The maximum Gasteiger partial charge on any atom is 0.0457 e. The van der Waals surface area contributed by atoms with Gasteiger partial charge in [-0.3, -0.25) is 4.90 Å². The number of fused-ring (bicyclic) bond motifs is 1. The molecule has 4 rings (SSSR count). The molecule has 1 aromatic carbocycles. The molecule has 1 saturated heterocycles. The lowest BCUT2D eigenvalue weighted by atomic mass is 9.93. The highest BCUT2D eigenvalue weighted by molar-refractivity contribution is 7.98. The molecule has 1 saturated carbocycles. The van der Waals surface area contributed by atoms with Crippen molar-refractivity contribution in [3.05, 3.63) is 30.0 Å². The van der Waals surface area contributed by atoms with Gasteiger partial charge >= 0.3 is 0 Å². The fraction of sp³-hybridized carbons (Fsp3) is 0.600. The molecule has 0 bridgehead atoms. The van der Waals surface area contributed by atoms with Gasteiger partial charge in [-0.15, -0.1) is 11.8 Å². The molecule has 2 nitrogen and oxygen atoms in total. The van der Waals surface area contributed by atoms with Crippen molar-refractivity contribution in [2.75, 3.05) is 12.8 Å². The van der Waals surface area contributed by atoms with Crippen LogP contribution in [0, 0.1) is 0 Å². The third-order valence-corrected chi connectivity index (χ3v) is 6.62. The van der Waals surface area contributed by atoms with Gasteiger partial charge in [-0.1, -0.05) is 19.3 Å². The summed E-state index contributed by atoms with van der Waals surface area (Å²) in [5.74, 6) is 0. The van der Waals surface area contributed by atoms with Crippen LogP contribution in [-0.4, -0.2) is 34.8 Å². The largest absolute Gasteiger partial charge is 0.361 e. The molecule has 2 heterocycles. The van der Waals surface area contributed by atoms with E-state index in [1.807, 2.05) is 11.8 Å². The maximum atomic E-state index is 3.48. The van der Waals surface area contributed by atoms with E-state index in [0.29, 0.717) is 0 Å². The minimum atomic E-state index is 0.759. The van der Waals surface area contributed by atoms with Crippen LogP contribution in [0.1, 0.15) is 50.5 Å². The fourth-order valence-corrected chi connectivity index (χ4v) is 5.12. The Morgan fingerprint density at radius 3 is 2.83 bits per heavy atom. The van der Waals surface area contributed by atoms with Gasteiger partial charge in [0, 0.05) is 34.1 Å². The zero-order chi connectivity index (χ0) is 15.6. The van der Waals surface area contributed by atoms with E-state index in [9.17, 15) is 0 Å². The van der Waals surface area contributed by atoms with Gasteiger partial charge < -0.3 is 4.98 Å². The highest BCUT2D eigenvalue weighted by Gasteiger charge is 2.31. The highest BCUT2D eigenvalue weighted by atomic mass is 32.2. The number of rotatable bonds is 4. The number of hydrogen-bond donors (Lipinski definition) is 1. The number of aromatic amines is 1. The van der Waals surface area contributed by atoms with Crippen LogP contribution in [0.25, 0.3) is 10.9 Å². The predicted octanol–water partition coefficient (Wildman–Crippen LogP) is 5.23. The number of nitrogens with one attached hydrogen (secondary N) is 1. The first-order valence-electron chi connectivity index (χ1n) is 9.25. The minimum absolute atomic E-state index is 0.759. The van der Waals surface area contributed by atoms with Crippen molar-refractivity contribution in [1.82, 2.24) is 9.88 Å². The lowest BCUT2D eigenvalue weighted by molar-refractivity contribution is 0.141. The summed E-state index contributed by atoms with van der Waals surface area (Å²) in [6.07, 6.45) is 15.6. The molecular weight excluding hydrogens is 300 g/mol. The summed E-state index contributed by atoms with van der Waals surface area (Å²) in [5.41, 5.74) is 2.81. The minimum Gasteiger partial charge on any atom is -0.361 e. The van der Waals surface area contributed by atoms with Crippen molar-refractivity contribution >= 4 is 22.7 Å². The molecule has 3 heteroatoms. The van der Waals surface area contributed by atoms with E-state index in [0.717, 1.165) is 12.1 Å². The molecule has 0 spiro atoms. The van der Waals surface area contributed by atoms with Crippen molar-refractivity contribution < 1.29 is 0 Å². The van der Waals surface area contributed by atoms with Gasteiger partial charge in [-0.2, -0.15) is 0 Å². The summed E-state index contributed by atoms with van der Waals surface area (Å²) < 4.78 is 0. The molecule has 0 unspecified atom stereocenters. The molecule has 23 heavy (non-hydrogen) atoms. The molecule has 1 aromatic heterocycles. The van der Waals surface area contributed by atoms with Crippen LogP contribution in [-0.2, 0) is 6.42 Å². The van der Waals surface area contributed by atoms with Crippen LogP contribution in [0.4, 0.5) is 0 Å². The zero-order valence-electron chi connectivity index (χ0n) is 14.2. The third-order valence-electron chi connectivity index (χ3n) is 5.90.